The van der Waals surface area contributed by atoms with Gasteiger partial charge in [0.1, 0.15) is 0 Å². The third-order valence-corrected chi connectivity index (χ3v) is 1.99. The summed E-state index contributed by atoms with van der Waals surface area (Å²) in [7, 11) is 0. The van der Waals surface area contributed by atoms with Crippen LogP contribution in [0.15, 0.2) is 0 Å². The molecule has 0 rings (SSSR count). The summed E-state index contributed by atoms with van der Waals surface area (Å²) >= 11 is 0. The SMILES string of the molecule is CC[C](C)CN(CC)CC. The van der Waals surface area contributed by atoms with E-state index >= 15 is 0 Å². The van der Waals surface area contributed by atoms with E-state index in [4.69, 9.17) is 0 Å². The minimum atomic E-state index is 1.17. The molecule has 0 N–H and O–H groups in total. The Bertz CT molecular complexity index is 67.1. The number of rotatable bonds is 5. The molecular formula is C9H20N. The lowest BCUT2D eigenvalue weighted by Gasteiger charge is -2.21. The molecule has 0 amide bonds. The summed E-state index contributed by atoms with van der Waals surface area (Å²) in [4.78, 5) is 2.44. The van der Waals surface area contributed by atoms with Crippen molar-refractivity contribution >= 4 is 0 Å². The lowest BCUT2D eigenvalue weighted by atomic mass is 10.1. The van der Waals surface area contributed by atoms with E-state index in [-0.39, 0.29) is 0 Å². The summed E-state index contributed by atoms with van der Waals surface area (Å²) in [5.41, 5.74) is 0. The van der Waals surface area contributed by atoms with Gasteiger partial charge in [-0.2, -0.15) is 0 Å². The highest BCUT2D eigenvalue weighted by Crippen LogP contribution is 2.05. The quantitative estimate of drug-likeness (QED) is 0.569. The summed E-state index contributed by atoms with van der Waals surface area (Å²) in [6.45, 7) is 12.4. The van der Waals surface area contributed by atoms with Crippen molar-refractivity contribution < 1.29 is 0 Å². The van der Waals surface area contributed by atoms with Crippen molar-refractivity contribution in [3.63, 3.8) is 0 Å². The second-order valence-corrected chi connectivity index (χ2v) is 2.77. The molecular weight excluding hydrogens is 122 g/mol. The van der Waals surface area contributed by atoms with Gasteiger partial charge in [-0.05, 0) is 25.4 Å². The van der Waals surface area contributed by atoms with E-state index in [9.17, 15) is 0 Å². The normalized spacial score (nSPS) is 11.4. The van der Waals surface area contributed by atoms with Gasteiger partial charge in [0.05, 0.1) is 0 Å². The minimum absolute atomic E-state index is 1.17. The van der Waals surface area contributed by atoms with Gasteiger partial charge in [0, 0.05) is 6.54 Å². The molecule has 0 saturated carbocycles. The first kappa shape index (κ1) is 9.96. The molecule has 0 aliphatic heterocycles. The van der Waals surface area contributed by atoms with E-state index in [1.54, 1.807) is 5.92 Å². The molecule has 0 aromatic carbocycles. The zero-order valence-electron chi connectivity index (χ0n) is 7.78. The standard InChI is InChI=1S/C9H20N/c1-5-9(4)8-10(6-2)7-3/h5-8H2,1-4H3. The summed E-state index contributed by atoms with van der Waals surface area (Å²) in [6.07, 6.45) is 1.22. The van der Waals surface area contributed by atoms with Gasteiger partial charge in [-0.1, -0.05) is 27.7 Å². The van der Waals surface area contributed by atoms with Crippen LogP contribution in [-0.4, -0.2) is 24.5 Å². The van der Waals surface area contributed by atoms with Crippen LogP contribution in [0.1, 0.15) is 34.1 Å². The van der Waals surface area contributed by atoms with Gasteiger partial charge >= 0.3 is 0 Å². The van der Waals surface area contributed by atoms with Crippen molar-refractivity contribution in [2.24, 2.45) is 0 Å². The smallest absolute Gasteiger partial charge is 0.00407 e. The predicted octanol–water partition coefficient (Wildman–Crippen LogP) is 2.33. The molecule has 0 saturated heterocycles. The van der Waals surface area contributed by atoms with E-state index in [0.29, 0.717) is 0 Å². The fraction of sp³-hybridized carbons (Fsp3) is 0.889. The Hall–Kier alpha value is -0.0400. The van der Waals surface area contributed by atoms with Gasteiger partial charge in [-0.3, -0.25) is 0 Å². The monoisotopic (exact) mass is 142 g/mol. The van der Waals surface area contributed by atoms with E-state index < -0.39 is 0 Å². The highest BCUT2D eigenvalue weighted by Gasteiger charge is 2.03. The Kier molecular flexibility index (Phi) is 5.70. The minimum Gasteiger partial charge on any atom is -0.303 e. The van der Waals surface area contributed by atoms with Crippen LogP contribution in [0, 0.1) is 5.92 Å². The van der Waals surface area contributed by atoms with Crippen LogP contribution in [0.4, 0.5) is 0 Å². The predicted molar refractivity (Wildman–Crippen MR) is 47.0 cm³/mol. The first-order valence-electron chi connectivity index (χ1n) is 4.28. The number of hydrogen-bond donors (Lipinski definition) is 0. The van der Waals surface area contributed by atoms with Crippen LogP contribution in [0.3, 0.4) is 0 Å². The summed E-state index contributed by atoms with van der Waals surface area (Å²) < 4.78 is 0. The van der Waals surface area contributed by atoms with Gasteiger partial charge < -0.3 is 4.90 Å². The maximum atomic E-state index is 2.44. The molecule has 0 aliphatic rings. The van der Waals surface area contributed by atoms with Crippen LogP contribution in [-0.2, 0) is 0 Å². The summed E-state index contributed by atoms with van der Waals surface area (Å²) in [6, 6.07) is 0. The highest BCUT2D eigenvalue weighted by atomic mass is 15.1. The molecule has 1 radical (unpaired) electrons. The van der Waals surface area contributed by atoms with Crippen LogP contribution in [0.5, 0.6) is 0 Å². The highest BCUT2D eigenvalue weighted by molar-refractivity contribution is 4.85. The Balaban J connectivity index is 3.41. The molecule has 0 aliphatic carbocycles. The number of nitrogens with zero attached hydrogens (tertiary/aromatic N) is 1. The van der Waals surface area contributed by atoms with Crippen LogP contribution in [0.25, 0.3) is 0 Å². The summed E-state index contributed by atoms with van der Waals surface area (Å²) in [5.74, 6) is 1.59. The zero-order valence-corrected chi connectivity index (χ0v) is 7.78. The average molecular weight is 142 g/mol. The molecule has 0 fully saturated rings. The Labute approximate surface area is 65.4 Å². The zero-order chi connectivity index (χ0) is 7.98. The largest absolute Gasteiger partial charge is 0.303 e. The first-order valence-corrected chi connectivity index (χ1v) is 4.28. The van der Waals surface area contributed by atoms with Crippen molar-refractivity contribution in [1.82, 2.24) is 4.90 Å². The second kappa shape index (κ2) is 5.72. The van der Waals surface area contributed by atoms with Crippen molar-refractivity contribution in [3.8, 4) is 0 Å². The first-order chi connectivity index (χ1) is 4.74. The second-order valence-electron chi connectivity index (χ2n) is 2.77. The molecule has 0 spiro atoms. The lowest BCUT2D eigenvalue weighted by molar-refractivity contribution is 0.311. The third kappa shape index (κ3) is 3.89. The fourth-order valence-corrected chi connectivity index (χ4v) is 0.941. The Morgan fingerprint density at radius 3 is 1.90 bits per heavy atom. The lowest BCUT2D eigenvalue weighted by Crippen LogP contribution is -2.26. The average Bonchev–Trinajstić information content (AvgIpc) is 1.99. The third-order valence-electron chi connectivity index (χ3n) is 1.99. The maximum absolute atomic E-state index is 2.44. The van der Waals surface area contributed by atoms with Crippen molar-refractivity contribution in [3.05, 3.63) is 5.92 Å². The topological polar surface area (TPSA) is 3.24 Å². The van der Waals surface area contributed by atoms with Crippen molar-refractivity contribution in [2.45, 2.75) is 34.1 Å². The van der Waals surface area contributed by atoms with E-state index in [2.05, 4.69) is 32.6 Å². The molecule has 1 nitrogen and oxygen atoms in total. The molecule has 0 aromatic heterocycles. The molecule has 0 unspecified atom stereocenters. The van der Waals surface area contributed by atoms with E-state index in [0.717, 1.165) is 0 Å². The van der Waals surface area contributed by atoms with Crippen molar-refractivity contribution in [1.29, 1.82) is 0 Å². The van der Waals surface area contributed by atoms with Crippen molar-refractivity contribution in [2.75, 3.05) is 19.6 Å². The number of hydrogen-bond acceptors (Lipinski definition) is 1. The molecule has 10 heavy (non-hydrogen) atoms. The van der Waals surface area contributed by atoms with Crippen LogP contribution in [0.2, 0.25) is 0 Å². The molecule has 61 valence electrons. The fourth-order valence-electron chi connectivity index (χ4n) is 0.941. The van der Waals surface area contributed by atoms with Gasteiger partial charge in [-0.15, -0.1) is 0 Å². The van der Waals surface area contributed by atoms with Crippen LogP contribution >= 0.6 is 0 Å². The Morgan fingerprint density at radius 1 is 1.10 bits per heavy atom. The van der Waals surface area contributed by atoms with Crippen LogP contribution < -0.4 is 0 Å². The van der Waals surface area contributed by atoms with Gasteiger partial charge in [0.2, 0.25) is 0 Å². The molecule has 0 heterocycles. The molecule has 0 aromatic rings. The maximum Gasteiger partial charge on any atom is 0.00407 e. The molecule has 0 bridgehead atoms. The van der Waals surface area contributed by atoms with Gasteiger partial charge in [0.25, 0.3) is 0 Å². The van der Waals surface area contributed by atoms with E-state index in [1.165, 1.54) is 26.1 Å². The summed E-state index contributed by atoms with van der Waals surface area (Å²) in [5, 5.41) is 0. The van der Waals surface area contributed by atoms with Gasteiger partial charge in [0.15, 0.2) is 0 Å². The molecule has 0 atom stereocenters. The van der Waals surface area contributed by atoms with Gasteiger partial charge in [-0.25, -0.2) is 0 Å². The van der Waals surface area contributed by atoms with E-state index in [1.807, 2.05) is 0 Å². The molecule has 1 heteroatoms. The Morgan fingerprint density at radius 2 is 1.60 bits per heavy atom.